The Morgan fingerprint density at radius 2 is 1.76 bits per heavy atom. The van der Waals surface area contributed by atoms with Crippen molar-refractivity contribution >= 4 is 34.3 Å². The first-order valence-corrected chi connectivity index (χ1v) is 9.65. The highest BCUT2D eigenvalue weighted by Crippen LogP contribution is 2.31. The fraction of sp³-hybridized carbons (Fsp3) is 0.0588. The van der Waals surface area contributed by atoms with Crippen molar-refractivity contribution in [2.45, 2.75) is 0 Å². The maximum atomic E-state index is 5.71. The van der Waals surface area contributed by atoms with Crippen LogP contribution >= 0.6 is 0 Å². The summed E-state index contributed by atoms with van der Waals surface area (Å²) in [6, 6.07) is 19.0. The minimum atomic E-state index is 0.582. The van der Waals surface area contributed by atoms with E-state index in [4.69, 9.17) is 9.16 Å². The summed E-state index contributed by atoms with van der Waals surface area (Å²) in [5.41, 5.74) is 2.48. The molecule has 100 valence electrons. The number of hydrogen-bond donors (Lipinski definition) is 0. The van der Waals surface area contributed by atoms with Crippen molar-refractivity contribution in [2.75, 3.05) is 7.11 Å². The van der Waals surface area contributed by atoms with E-state index in [0.717, 1.165) is 20.5 Å². The third kappa shape index (κ3) is 2.07. The molecule has 0 aliphatic carbocycles. The number of hydrogen-bond acceptors (Lipinski definition) is 2. The van der Waals surface area contributed by atoms with Crippen molar-refractivity contribution < 1.29 is 9.16 Å². The summed E-state index contributed by atoms with van der Waals surface area (Å²) < 4.78 is 10.9. The molecule has 0 atom stereocenters. The lowest BCUT2D eigenvalue weighted by atomic mass is 9.98. The van der Waals surface area contributed by atoms with Crippen LogP contribution in [0.15, 0.2) is 54.6 Å². The van der Waals surface area contributed by atoms with E-state index >= 15 is 0 Å². The van der Waals surface area contributed by atoms with Crippen LogP contribution in [0.25, 0.3) is 21.9 Å². The predicted octanol–water partition coefficient (Wildman–Crippen LogP) is 2.77. The van der Waals surface area contributed by atoms with E-state index in [2.05, 4.69) is 42.5 Å². The lowest BCUT2D eigenvalue weighted by Crippen LogP contribution is -2.13. The summed E-state index contributed by atoms with van der Waals surface area (Å²) in [7, 11) is 3.05. The molecule has 0 spiro atoms. The van der Waals surface area contributed by atoms with Crippen molar-refractivity contribution in [1.82, 2.24) is 0 Å². The molecule has 0 aromatic heterocycles. The Morgan fingerprint density at radius 3 is 2.57 bits per heavy atom. The van der Waals surface area contributed by atoms with E-state index in [1.165, 1.54) is 27.1 Å². The summed E-state index contributed by atoms with van der Waals surface area (Å²) in [4.78, 5) is 0. The first kappa shape index (κ1) is 12.7. The van der Waals surface area contributed by atoms with Crippen LogP contribution in [0.1, 0.15) is 0 Å². The van der Waals surface area contributed by atoms with Gasteiger partial charge < -0.3 is 9.16 Å². The van der Waals surface area contributed by atoms with Gasteiger partial charge in [-0.3, -0.25) is 0 Å². The Kier molecular flexibility index (Phi) is 3.05. The highest BCUT2D eigenvalue weighted by molar-refractivity contribution is 7.07. The van der Waals surface area contributed by atoms with Gasteiger partial charge in [0, 0.05) is 0 Å². The van der Waals surface area contributed by atoms with E-state index in [1.807, 2.05) is 12.1 Å². The third-order valence-corrected chi connectivity index (χ3v) is 6.31. The lowest BCUT2D eigenvalue weighted by Gasteiger charge is -2.10. The molecular formula is C17H12O2Si2. The fourth-order valence-electron chi connectivity index (χ4n) is 2.71. The molecule has 1 aliphatic rings. The van der Waals surface area contributed by atoms with Crippen LogP contribution < -0.4 is 14.3 Å². The predicted molar refractivity (Wildman–Crippen MR) is 87.7 cm³/mol. The molecule has 4 radical (unpaired) electrons. The number of benzene rings is 3. The van der Waals surface area contributed by atoms with Gasteiger partial charge in [0.2, 0.25) is 0 Å². The maximum absolute atomic E-state index is 5.71. The lowest BCUT2D eigenvalue weighted by molar-refractivity contribution is 0.415. The molecule has 0 amide bonds. The molecule has 1 heterocycles. The van der Waals surface area contributed by atoms with E-state index in [1.54, 1.807) is 7.11 Å². The normalized spacial score (nSPS) is 13.0. The van der Waals surface area contributed by atoms with Crippen LogP contribution in [0.2, 0.25) is 0 Å². The van der Waals surface area contributed by atoms with Crippen molar-refractivity contribution in [3.8, 4) is 22.6 Å². The standard InChI is InChI=1S/C17H12O2Si2/c1-18-12-7-5-11(6-8-12)13-3-2-4-15-14(13)9-10-16-17(15)20-21-19-16/h2-10H,1H3. The van der Waals surface area contributed by atoms with Crippen LogP contribution in [-0.4, -0.2) is 25.4 Å². The van der Waals surface area contributed by atoms with Gasteiger partial charge in [-0.25, -0.2) is 0 Å². The zero-order valence-corrected chi connectivity index (χ0v) is 13.5. The van der Waals surface area contributed by atoms with Crippen LogP contribution in [0.4, 0.5) is 0 Å². The molecule has 4 rings (SSSR count). The summed E-state index contributed by atoms with van der Waals surface area (Å²) in [6.07, 6.45) is 0. The number of rotatable bonds is 2. The summed E-state index contributed by atoms with van der Waals surface area (Å²) >= 11 is 0. The molecule has 0 N–H and O–H groups in total. The second-order valence-electron chi connectivity index (χ2n) is 4.90. The third-order valence-electron chi connectivity index (χ3n) is 3.76. The van der Waals surface area contributed by atoms with Gasteiger partial charge in [-0.1, -0.05) is 36.4 Å². The molecule has 4 heteroatoms. The van der Waals surface area contributed by atoms with Crippen LogP contribution in [0.5, 0.6) is 11.5 Å². The summed E-state index contributed by atoms with van der Waals surface area (Å²) in [6.45, 7) is 0. The zero-order valence-electron chi connectivity index (χ0n) is 11.5. The summed E-state index contributed by atoms with van der Waals surface area (Å²) in [5.74, 6) is 1.95. The van der Waals surface area contributed by atoms with Gasteiger partial charge in [0.05, 0.1) is 7.11 Å². The first-order chi connectivity index (χ1) is 10.4. The van der Waals surface area contributed by atoms with Crippen LogP contribution in [-0.2, 0) is 0 Å². The molecule has 0 unspecified atom stereocenters. The van der Waals surface area contributed by atoms with Crippen LogP contribution in [0.3, 0.4) is 0 Å². The number of fused-ring (bicyclic) bond motifs is 3. The molecular weight excluding hydrogens is 292 g/mol. The van der Waals surface area contributed by atoms with E-state index in [0.29, 0.717) is 9.28 Å². The smallest absolute Gasteiger partial charge is 0.289 e. The molecule has 0 saturated carbocycles. The highest BCUT2D eigenvalue weighted by atomic mass is 29.2. The molecule has 0 saturated heterocycles. The second-order valence-corrected chi connectivity index (χ2v) is 7.42. The molecule has 3 aromatic carbocycles. The second kappa shape index (κ2) is 5.05. The topological polar surface area (TPSA) is 18.5 Å². The van der Waals surface area contributed by atoms with E-state index in [-0.39, 0.29) is 0 Å². The minimum Gasteiger partial charge on any atom is -0.545 e. The monoisotopic (exact) mass is 304 g/mol. The Bertz CT molecular complexity index is 813. The van der Waals surface area contributed by atoms with Crippen molar-refractivity contribution in [2.24, 2.45) is 0 Å². The van der Waals surface area contributed by atoms with Crippen molar-refractivity contribution in [1.29, 1.82) is 0 Å². The van der Waals surface area contributed by atoms with Gasteiger partial charge >= 0.3 is 0 Å². The largest absolute Gasteiger partial charge is 0.545 e. The summed E-state index contributed by atoms with van der Waals surface area (Å²) in [5, 5.41) is 3.99. The average molecular weight is 304 g/mol. The van der Waals surface area contributed by atoms with Gasteiger partial charge in [-0.05, 0) is 45.3 Å². The molecule has 1 aliphatic heterocycles. The van der Waals surface area contributed by atoms with E-state index < -0.39 is 0 Å². The van der Waals surface area contributed by atoms with Crippen molar-refractivity contribution in [3.63, 3.8) is 0 Å². The van der Waals surface area contributed by atoms with Gasteiger partial charge in [-0.2, -0.15) is 0 Å². The number of ether oxygens (including phenoxy) is 1. The first-order valence-electron chi connectivity index (χ1n) is 6.75. The molecule has 0 bridgehead atoms. The Balaban J connectivity index is 1.92. The van der Waals surface area contributed by atoms with Gasteiger partial charge in [-0.15, -0.1) is 0 Å². The maximum Gasteiger partial charge on any atom is 0.289 e. The Hall–Kier alpha value is -2.05. The quantitative estimate of drug-likeness (QED) is 0.678. The average Bonchev–Trinajstić information content (AvgIpc) is 3.03. The Labute approximate surface area is 128 Å². The minimum absolute atomic E-state index is 0.582. The van der Waals surface area contributed by atoms with Crippen LogP contribution in [0, 0.1) is 0 Å². The molecule has 3 aromatic rings. The van der Waals surface area contributed by atoms with Gasteiger partial charge in [0.1, 0.15) is 20.5 Å². The van der Waals surface area contributed by atoms with Crippen molar-refractivity contribution in [3.05, 3.63) is 54.6 Å². The molecule has 2 nitrogen and oxygen atoms in total. The number of methoxy groups -OCH3 is 1. The fourth-order valence-corrected chi connectivity index (χ4v) is 5.41. The highest BCUT2D eigenvalue weighted by Gasteiger charge is 2.18. The zero-order chi connectivity index (χ0) is 14.2. The molecule has 21 heavy (non-hydrogen) atoms. The van der Waals surface area contributed by atoms with E-state index in [9.17, 15) is 0 Å². The van der Waals surface area contributed by atoms with Gasteiger partial charge in [0.15, 0.2) is 0 Å². The Morgan fingerprint density at radius 1 is 0.905 bits per heavy atom. The SMILES string of the molecule is COc1ccc(-c2cccc3c4c(ccc23)O[Si][Si]4)cc1. The van der Waals surface area contributed by atoms with Gasteiger partial charge in [0.25, 0.3) is 9.28 Å². The molecule has 0 fully saturated rings.